The number of halogens is 1. The average molecular weight is 375 g/mol. The molecule has 0 saturated carbocycles. The van der Waals surface area contributed by atoms with E-state index in [1.165, 1.54) is 27.6 Å². The van der Waals surface area contributed by atoms with Gasteiger partial charge in [-0.3, -0.25) is 0 Å². The van der Waals surface area contributed by atoms with Gasteiger partial charge in [-0.1, -0.05) is 41.6 Å². The molecule has 0 unspecified atom stereocenters. The minimum atomic E-state index is 0.545. The molecule has 2 aromatic carbocycles. The van der Waals surface area contributed by atoms with Crippen molar-refractivity contribution in [3.05, 3.63) is 58.6 Å². The largest absolute Gasteiger partial charge is 0.493 e. The van der Waals surface area contributed by atoms with Crippen molar-refractivity contribution in [2.24, 2.45) is 0 Å². The first-order valence-electron chi connectivity index (χ1n) is 7.84. The van der Waals surface area contributed by atoms with Gasteiger partial charge in [0.05, 0.1) is 11.6 Å². The van der Waals surface area contributed by atoms with E-state index in [1.54, 1.807) is 6.07 Å². The van der Waals surface area contributed by atoms with E-state index in [0.29, 0.717) is 28.4 Å². The van der Waals surface area contributed by atoms with Crippen LogP contribution in [-0.4, -0.2) is 27.2 Å². The van der Waals surface area contributed by atoms with E-state index in [0.717, 1.165) is 11.3 Å². The Morgan fingerprint density at radius 3 is 2.56 bits per heavy atom. The summed E-state index contributed by atoms with van der Waals surface area (Å²) in [5, 5.41) is 9.51. The molecule has 5 nitrogen and oxygen atoms in total. The zero-order valence-corrected chi connectivity index (χ0v) is 15.6. The molecule has 0 bridgehead atoms. The van der Waals surface area contributed by atoms with E-state index >= 15 is 0 Å². The lowest BCUT2D eigenvalue weighted by atomic mass is 10.1. The van der Waals surface area contributed by atoms with Gasteiger partial charge in [0.1, 0.15) is 5.75 Å². The van der Waals surface area contributed by atoms with E-state index in [4.69, 9.17) is 22.2 Å². The number of rotatable bonds is 6. The Bertz CT molecular complexity index is 861. The van der Waals surface area contributed by atoms with Gasteiger partial charge in [-0.05, 0) is 49.2 Å². The lowest BCUT2D eigenvalue weighted by Crippen LogP contribution is -2.12. The molecule has 3 aromatic rings. The molecule has 2 N–H and O–H groups in total. The van der Waals surface area contributed by atoms with Crippen LogP contribution in [0.5, 0.6) is 5.75 Å². The van der Waals surface area contributed by atoms with Crippen LogP contribution in [0.15, 0.2) is 47.6 Å². The van der Waals surface area contributed by atoms with Crippen molar-refractivity contribution < 1.29 is 4.74 Å². The normalized spacial score (nSPS) is 10.8. The molecule has 130 valence electrons. The maximum absolute atomic E-state index is 6.20. The van der Waals surface area contributed by atoms with Crippen LogP contribution < -0.4 is 10.6 Å². The summed E-state index contributed by atoms with van der Waals surface area (Å²) < 4.78 is 7.26. The molecule has 0 spiro atoms. The summed E-state index contributed by atoms with van der Waals surface area (Å²) >= 11 is 7.69. The van der Waals surface area contributed by atoms with Gasteiger partial charge >= 0.3 is 0 Å². The van der Waals surface area contributed by atoms with Crippen LogP contribution in [0.3, 0.4) is 0 Å². The van der Waals surface area contributed by atoms with Crippen molar-refractivity contribution in [1.82, 2.24) is 14.9 Å². The minimum absolute atomic E-state index is 0.545. The fourth-order valence-electron chi connectivity index (χ4n) is 2.51. The number of nitrogen functional groups attached to an aromatic ring is 1. The topological polar surface area (TPSA) is 66.0 Å². The summed E-state index contributed by atoms with van der Waals surface area (Å²) in [4.78, 5) is 0. The van der Waals surface area contributed by atoms with Crippen LogP contribution in [0.2, 0.25) is 5.02 Å². The highest BCUT2D eigenvalue weighted by Crippen LogP contribution is 2.27. The lowest BCUT2D eigenvalue weighted by Gasteiger charge is -2.08. The smallest absolute Gasteiger partial charge is 0.210 e. The minimum Gasteiger partial charge on any atom is -0.493 e. The van der Waals surface area contributed by atoms with Gasteiger partial charge in [0, 0.05) is 11.3 Å². The summed E-state index contributed by atoms with van der Waals surface area (Å²) in [5.74, 6) is 8.25. The van der Waals surface area contributed by atoms with Crippen molar-refractivity contribution >= 4 is 23.4 Å². The van der Waals surface area contributed by atoms with Gasteiger partial charge in [0.25, 0.3) is 0 Å². The zero-order chi connectivity index (χ0) is 17.8. The first-order valence-corrected chi connectivity index (χ1v) is 9.20. The fourth-order valence-corrected chi connectivity index (χ4v) is 3.40. The highest BCUT2D eigenvalue weighted by atomic mass is 35.5. The Kier molecular flexibility index (Phi) is 5.50. The van der Waals surface area contributed by atoms with E-state index in [2.05, 4.69) is 30.1 Å². The molecule has 3 rings (SSSR count). The third-order valence-corrected chi connectivity index (χ3v) is 4.79. The number of hydrogen-bond donors (Lipinski definition) is 1. The molecule has 0 fully saturated rings. The Balaban J connectivity index is 1.60. The third-order valence-electron chi connectivity index (χ3n) is 3.56. The molecule has 0 saturated heterocycles. The van der Waals surface area contributed by atoms with E-state index < -0.39 is 0 Å². The Labute approximate surface area is 156 Å². The fraction of sp³-hybridized carbons (Fsp3) is 0.222. The summed E-state index contributed by atoms with van der Waals surface area (Å²) in [7, 11) is 0. The highest BCUT2D eigenvalue weighted by Gasteiger charge is 2.14. The quantitative estimate of drug-likeness (QED) is 0.399. The molecule has 0 aliphatic rings. The maximum atomic E-state index is 6.20. The van der Waals surface area contributed by atoms with Crippen molar-refractivity contribution in [2.75, 3.05) is 18.2 Å². The molecule has 0 aliphatic heterocycles. The number of hydrogen-bond acceptors (Lipinski definition) is 5. The van der Waals surface area contributed by atoms with Gasteiger partial charge in [-0.25, -0.2) is 4.68 Å². The van der Waals surface area contributed by atoms with Gasteiger partial charge in [0.15, 0.2) is 5.82 Å². The molecular weight excluding hydrogens is 356 g/mol. The number of aromatic nitrogens is 3. The van der Waals surface area contributed by atoms with Crippen LogP contribution in [0.1, 0.15) is 11.1 Å². The molecule has 1 heterocycles. The SMILES string of the molecule is Cc1cc(C)cc(OCCSc2nnc(-c3ccccc3Cl)n2N)c1. The van der Waals surface area contributed by atoms with Crippen molar-refractivity contribution in [3.8, 4) is 17.1 Å². The number of thioether (sulfide) groups is 1. The summed E-state index contributed by atoms with van der Waals surface area (Å²) in [6.45, 7) is 4.67. The summed E-state index contributed by atoms with van der Waals surface area (Å²) in [6, 6.07) is 13.6. The number of aryl methyl sites for hydroxylation is 2. The average Bonchev–Trinajstić information content (AvgIpc) is 2.92. The molecule has 0 aliphatic carbocycles. The first kappa shape index (κ1) is 17.6. The molecule has 7 heteroatoms. The monoisotopic (exact) mass is 374 g/mol. The Hall–Kier alpha value is -2.18. The summed E-state index contributed by atoms with van der Waals surface area (Å²) in [6.07, 6.45) is 0. The third kappa shape index (κ3) is 4.27. The number of benzene rings is 2. The van der Waals surface area contributed by atoms with Gasteiger partial charge in [-0.15, -0.1) is 10.2 Å². The Morgan fingerprint density at radius 2 is 1.84 bits per heavy atom. The van der Waals surface area contributed by atoms with Crippen LogP contribution in [0, 0.1) is 13.8 Å². The zero-order valence-electron chi connectivity index (χ0n) is 14.1. The molecule has 0 radical (unpaired) electrons. The van der Waals surface area contributed by atoms with E-state index in [1.807, 2.05) is 30.3 Å². The van der Waals surface area contributed by atoms with Crippen molar-refractivity contribution in [2.45, 2.75) is 19.0 Å². The molecule has 0 amide bonds. The van der Waals surface area contributed by atoms with E-state index in [-0.39, 0.29) is 0 Å². The van der Waals surface area contributed by atoms with E-state index in [9.17, 15) is 0 Å². The molecule has 0 atom stereocenters. The van der Waals surface area contributed by atoms with Crippen LogP contribution in [0.4, 0.5) is 0 Å². The van der Waals surface area contributed by atoms with Gasteiger partial charge in [-0.2, -0.15) is 0 Å². The van der Waals surface area contributed by atoms with Crippen molar-refractivity contribution in [3.63, 3.8) is 0 Å². The second-order valence-corrected chi connectivity index (χ2v) is 7.15. The number of nitrogens with two attached hydrogens (primary N) is 1. The summed E-state index contributed by atoms with van der Waals surface area (Å²) in [5.41, 5.74) is 3.14. The predicted octanol–water partition coefficient (Wildman–Crippen LogP) is 4.10. The van der Waals surface area contributed by atoms with Crippen LogP contribution in [-0.2, 0) is 0 Å². The number of nitrogens with zero attached hydrogens (tertiary/aromatic N) is 3. The van der Waals surface area contributed by atoms with Gasteiger partial charge in [0.2, 0.25) is 5.16 Å². The first-order chi connectivity index (χ1) is 12.0. The molecular formula is C18H19ClN4OS. The van der Waals surface area contributed by atoms with Crippen LogP contribution >= 0.6 is 23.4 Å². The second kappa shape index (κ2) is 7.80. The molecule has 1 aromatic heterocycles. The van der Waals surface area contributed by atoms with Gasteiger partial charge < -0.3 is 10.6 Å². The molecule has 25 heavy (non-hydrogen) atoms. The second-order valence-electron chi connectivity index (χ2n) is 5.68. The standard InChI is InChI=1S/C18H19ClN4OS/c1-12-9-13(2)11-14(10-12)24-7-8-25-18-22-21-17(23(18)20)15-5-3-4-6-16(15)19/h3-6,9-11H,7-8,20H2,1-2H3. The number of ether oxygens (including phenoxy) is 1. The predicted molar refractivity (Wildman–Crippen MR) is 103 cm³/mol. The maximum Gasteiger partial charge on any atom is 0.210 e. The Morgan fingerprint density at radius 1 is 1.12 bits per heavy atom. The lowest BCUT2D eigenvalue weighted by molar-refractivity contribution is 0.343. The highest BCUT2D eigenvalue weighted by molar-refractivity contribution is 7.99. The van der Waals surface area contributed by atoms with Crippen LogP contribution in [0.25, 0.3) is 11.4 Å². The van der Waals surface area contributed by atoms with Crippen molar-refractivity contribution in [1.29, 1.82) is 0 Å².